The Morgan fingerprint density at radius 1 is 1.27 bits per heavy atom. The molecule has 1 rings (SSSR count). The highest BCUT2D eigenvalue weighted by Crippen LogP contribution is 2.27. The van der Waals surface area contributed by atoms with Gasteiger partial charge in [-0.05, 0) is 39.7 Å². The van der Waals surface area contributed by atoms with Gasteiger partial charge < -0.3 is 9.57 Å². The molecule has 0 aliphatic rings. The maximum absolute atomic E-state index is 11.5. The third-order valence-electron chi connectivity index (χ3n) is 3.52. The molecule has 0 heterocycles. The summed E-state index contributed by atoms with van der Waals surface area (Å²) in [5, 5.41) is 20.0. The predicted molar refractivity (Wildman–Crippen MR) is 95.3 cm³/mol. The number of nitrogens with zero attached hydrogens (tertiary/aromatic N) is 2. The molecule has 1 aromatic carbocycles. The van der Waals surface area contributed by atoms with E-state index in [-0.39, 0.29) is 23.0 Å². The van der Waals surface area contributed by atoms with Crippen molar-refractivity contribution in [1.82, 2.24) is 5.48 Å². The first-order chi connectivity index (χ1) is 12.3. The quantitative estimate of drug-likeness (QED) is 0.384. The summed E-state index contributed by atoms with van der Waals surface area (Å²) in [6.07, 6.45) is 3.42. The largest absolute Gasteiger partial charge is 0.492 e. The highest BCUT2D eigenvalue weighted by Gasteiger charge is 2.23. The van der Waals surface area contributed by atoms with Crippen molar-refractivity contribution < 1.29 is 19.3 Å². The average Bonchev–Trinajstić information content (AvgIpc) is 2.58. The zero-order valence-electron chi connectivity index (χ0n) is 15.4. The second-order valence-corrected chi connectivity index (χ2v) is 6.82. The van der Waals surface area contributed by atoms with Crippen LogP contribution in [-0.2, 0) is 9.63 Å². The number of hydrogen-bond donors (Lipinski definition) is 1. The van der Waals surface area contributed by atoms with E-state index in [0.29, 0.717) is 13.2 Å². The number of hydrogen-bond acceptors (Lipinski definition) is 7. The van der Waals surface area contributed by atoms with E-state index in [1.165, 1.54) is 12.1 Å². The van der Waals surface area contributed by atoms with Crippen LogP contribution >= 0.6 is 0 Å². The molecule has 0 aliphatic carbocycles. The van der Waals surface area contributed by atoms with Crippen LogP contribution in [0.25, 0.3) is 0 Å². The fourth-order valence-electron chi connectivity index (χ4n) is 2.01. The van der Waals surface area contributed by atoms with Crippen LogP contribution in [0, 0.1) is 26.9 Å². The molecule has 8 heteroatoms. The molecule has 0 spiro atoms. The molecule has 0 saturated carbocycles. The van der Waals surface area contributed by atoms with E-state index in [9.17, 15) is 14.9 Å². The molecule has 0 unspecified atom stereocenters. The van der Waals surface area contributed by atoms with Crippen LogP contribution in [0.15, 0.2) is 18.2 Å². The number of nitrogens with one attached hydrogen (secondary N) is 1. The van der Waals surface area contributed by atoms with Crippen molar-refractivity contribution in [2.75, 3.05) is 13.2 Å². The van der Waals surface area contributed by atoms with Gasteiger partial charge in [-0.15, -0.1) is 0 Å². The van der Waals surface area contributed by atoms with Gasteiger partial charge in [-0.2, -0.15) is 10.7 Å². The molecule has 1 aromatic rings. The van der Waals surface area contributed by atoms with Crippen molar-refractivity contribution in [3.05, 3.63) is 33.9 Å². The molecule has 0 saturated heterocycles. The van der Waals surface area contributed by atoms with Gasteiger partial charge in [-0.25, -0.2) is 4.79 Å². The SMILES string of the molecule is CC(C)(C)C(=O)ONCCCCCCOc1cccc([N+](=O)[O-])c1C#N. The Morgan fingerprint density at radius 2 is 1.96 bits per heavy atom. The number of nitro benzene ring substituents is 1. The second kappa shape index (κ2) is 10.4. The maximum Gasteiger partial charge on any atom is 0.329 e. The number of rotatable bonds is 10. The molecule has 0 amide bonds. The monoisotopic (exact) mass is 363 g/mol. The minimum absolute atomic E-state index is 0.0534. The van der Waals surface area contributed by atoms with Crippen molar-refractivity contribution in [2.45, 2.75) is 46.5 Å². The van der Waals surface area contributed by atoms with E-state index in [4.69, 9.17) is 14.8 Å². The molecule has 0 aromatic heterocycles. The fourth-order valence-corrected chi connectivity index (χ4v) is 2.01. The van der Waals surface area contributed by atoms with E-state index in [1.54, 1.807) is 26.8 Å². The summed E-state index contributed by atoms with van der Waals surface area (Å²) >= 11 is 0. The molecule has 142 valence electrons. The topological polar surface area (TPSA) is 114 Å². The number of unbranched alkanes of at least 4 members (excludes halogenated alkanes) is 3. The number of benzene rings is 1. The summed E-state index contributed by atoms with van der Waals surface area (Å²) < 4.78 is 5.50. The van der Waals surface area contributed by atoms with Crippen LogP contribution < -0.4 is 10.2 Å². The van der Waals surface area contributed by atoms with Gasteiger partial charge >= 0.3 is 5.97 Å². The van der Waals surface area contributed by atoms with Gasteiger partial charge in [0, 0.05) is 12.6 Å². The van der Waals surface area contributed by atoms with Crippen LogP contribution in [0.2, 0.25) is 0 Å². The zero-order chi connectivity index (χ0) is 19.6. The van der Waals surface area contributed by atoms with Crippen molar-refractivity contribution in [3.8, 4) is 11.8 Å². The number of ether oxygens (including phenoxy) is 1. The summed E-state index contributed by atoms with van der Waals surface area (Å²) in [5.74, 6) is -0.0615. The number of nitro groups is 1. The van der Waals surface area contributed by atoms with Gasteiger partial charge in [-0.1, -0.05) is 18.9 Å². The second-order valence-electron chi connectivity index (χ2n) is 6.82. The van der Waals surface area contributed by atoms with E-state index in [2.05, 4.69) is 5.48 Å². The Hall–Kier alpha value is -2.66. The standard InChI is InChI=1S/C18H25N3O5/c1-18(2,3)17(22)26-20-11-6-4-5-7-12-25-16-10-8-9-15(21(23)24)14(16)13-19/h8-10,20H,4-7,11-12H2,1-3H3. The molecule has 1 N–H and O–H groups in total. The lowest BCUT2D eigenvalue weighted by atomic mass is 9.98. The molecule has 0 radical (unpaired) electrons. The summed E-state index contributed by atoms with van der Waals surface area (Å²) in [7, 11) is 0. The first-order valence-electron chi connectivity index (χ1n) is 8.52. The van der Waals surface area contributed by atoms with Crippen molar-refractivity contribution in [3.63, 3.8) is 0 Å². The Kier molecular flexibility index (Phi) is 8.52. The van der Waals surface area contributed by atoms with E-state index < -0.39 is 10.3 Å². The minimum Gasteiger partial charge on any atom is -0.492 e. The number of hydroxylamine groups is 1. The van der Waals surface area contributed by atoms with Crippen molar-refractivity contribution in [1.29, 1.82) is 5.26 Å². The Bertz CT molecular complexity index is 662. The zero-order valence-corrected chi connectivity index (χ0v) is 15.4. The van der Waals surface area contributed by atoms with Gasteiger partial charge in [-0.3, -0.25) is 10.1 Å². The molecular weight excluding hydrogens is 338 g/mol. The summed E-state index contributed by atoms with van der Waals surface area (Å²) in [6.45, 7) is 6.32. The summed E-state index contributed by atoms with van der Waals surface area (Å²) in [6, 6.07) is 6.16. The minimum atomic E-state index is -0.592. The Morgan fingerprint density at radius 3 is 2.58 bits per heavy atom. The van der Waals surface area contributed by atoms with E-state index in [0.717, 1.165) is 25.7 Å². The highest BCUT2D eigenvalue weighted by molar-refractivity contribution is 5.75. The van der Waals surface area contributed by atoms with Crippen molar-refractivity contribution >= 4 is 11.7 Å². The molecule has 8 nitrogen and oxygen atoms in total. The predicted octanol–water partition coefficient (Wildman–Crippen LogP) is 3.50. The molecule has 0 atom stereocenters. The van der Waals surface area contributed by atoms with E-state index >= 15 is 0 Å². The Labute approximate surface area is 153 Å². The highest BCUT2D eigenvalue weighted by atomic mass is 16.7. The van der Waals surface area contributed by atoms with Crippen molar-refractivity contribution in [2.24, 2.45) is 5.41 Å². The van der Waals surface area contributed by atoms with Gasteiger partial charge in [0.1, 0.15) is 11.8 Å². The molecule has 0 bridgehead atoms. The van der Waals surface area contributed by atoms with Crippen LogP contribution in [0.4, 0.5) is 5.69 Å². The summed E-state index contributed by atoms with van der Waals surface area (Å²) in [4.78, 5) is 26.8. The average molecular weight is 363 g/mol. The molecule has 0 aliphatic heterocycles. The first kappa shape index (κ1) is 21.4. The lowest BCUT2D eigenvalue weighted by molar-refractivity contribution is -0.385. The normalized spacial score (nSPS) is 10.8. The summed E-state index contributed by atoms with van der Waals surface area (Å²) in [5.41, 5.74) is 1.83. The third kappa shape index (κ3) is 7.07. The van der Waals surface area contributed by atoms with E-state index in [1.807, 2.05) is 6.07 Å². The molecule has 0 fully saturated rings. The number of carbonyl (C=O) groups is 1. The fraction of sp³-hybridized carbons (Fsp3) is 0.556. The van der Waals surface area contributed by atoms with Crippen LogP contribution in [-0.4, -0.2) is 24.0 Å². The number of carbonyl (C=O) groups excluding carboxylic acids is 1. The van der Waals surface area contributed by atoms with Gasteiger partial charge in [0.05, 0.1) is 16.9 Å². The van der Waals surface area contributed by atoms with Gasteiger partial charge in [0.15, 0.2) is 5.56 Å². The third-order valence-corrected chi connectivity index (χ3v) is 3.52. The number of nitriles is 1. The smallest absolute Gasteiger partial charge is 0.329 e. The van der Waals surface area contributed by atoms with Crippen LogP contribution in [0.5, 0.6) is 5.75 Å². The van der Waals surface area contributed by atoms with Gasteiger partial charge in [0.2, 0.25) is 0 Å². The Balaban J connectivity index is 2.21. The lowest BCUT2D eigenvalue weighted by Crippen LogP contribution is -2.30. The lowest BCUT2D eigenvalue weighted by Gasteiger charge is -2.16. The molecule has 26 heavy (non-hydrogen) atoms. The van der Waals surface area contributed by atoms with Crippen LogP contribution in [0.3, 0.4) is 0 Å². The molecular formula is C18H25N3O5. The van der Waals surface area contributed by atoms with Crippen LogP contribution in [0.1, 0.15) is 52.0 Å². The maximum atomic E-state index is 11.5. The van der Waals surface area contributed by atoms with Gasteiger partial charge in [0.25, 0.3) is 5.69 Å². The first-order valence-corrected chi connectivity index (χ1v) is 8.52.